The second-order valence-electron chi connectivity index (χ2n) is 3.86. The Morgan fingerprint density at radius 1 is 1.26 bits per heavy atom. The highest BCUT2D eigenvalue weighted by molar-refractivity contribution is 6.87. The van der Waals surface area contributed by atoms with Gasteiger partial charge in [-0.2, -0.15) is 0 Å². The number of carbonyl (C=O) groups is 1. The van der Waals surface area contributed by atoms with Gasteiger partial charge in [0.15, 0.2) is 5.41 Å². The minimum Gasteiger partial charge on any atom is -0.403 e. The molecule has 0 aromatic heterocycles. The lowest BCUT2D eigenvalue weighted by atomic mass is 10.5. The van der Waals surface area contributed by atoms with Crippen LogP contribution in [0.3, 0.4) is 0 Å². The number of allylic oxidation sites excluding steroid dienone is 2. The van der Waals surface area contributed by atoms with E-state index >= 15 is 0 Å². The van der Waals surface area contributed by atoms with Crippen molar-refractivity contribution in [3.63, 3.8) is 0 Å². The van der Waals surface area contributed by atoms with Crippen LogP contribution in [0.15, 0.2) is 12.2 Å². The summed E-state index contributed by atoms with van der Waals surface area (Å²) in [5.41, 5.74) is 0. The van der Waals surface area contributed by atoms with Crippen molar-refractivity contribution < 1.29 is 28.5 Å². The third kappa shape index (κ3) is 6.41. The minimum atomic E-state index is -2.13. The van der Waals surface area contributed by atoms with Crippen molar-refractivity contribution >= 4 is 14.4 Å². The molecule has 1 atom stereocenters. The Hall–Kier alpha value is -0.573. The maximum Gasteiger partial charge on any atom is 0.305 e. The Balaban J connectivity index is 4.58. The average molecular weight is 292 g/mol. The van der Waals surface area contributed by atoms with E-state index in [0.717, 1.165) is 0 Å². The summed E-state index contributed by atoms with van der Waals surface area (Å²) in [5, 5.41) is 8.84. The van der Waals surface area contributed by atoms with Crippen molar-refractivity contribution in [2.75, 3.05) is 34.5 Å². The van der Waals surface area contributed by atoms with Crippen LogP contribution < -0.4 is 0 Å². The van der Waals surface area contributed by atoms with Crippen LogP contribution in [-0.2, 0) is 23.4 Å². The highest BCUT2D eigenvalue weighted by Gasteiger charge is 2.32. The Kier molecular flexibility index (Phi) is 9.93. The molecule has 0 saturated carbocycles. The van der Waals surface area contributed by atoms with Gasteiger partial charge in [-0.1, -0.05) is 6.08 Å². The molecule has 0 aromatic carbocycles. The van der Waals surface area contributed by atoms with E-state index < -0.39 is 15.0 Å². The van der Waals surface area contributed by atoms with Gasteiger partial charge < -0.3 is 23.7 Å². The van der Waals surface area contributed by atoms with Gasteiger partial charge in [-0.25, -0.2) is 0 Å². The van der Waals surface area contributed by atoms with Crippen molar-refractivity contribution in [1.82, 2.24) is 0 Å². The van der Waals surface area contributed by atoms with E-state index in [1.165, 1.54) is 27.4 Å². The third-order valence-electron chi connectivity index (χ3n) is 2.67. The quantitative estimate of drug-likeness (QED) is 0.337. The Morgan fingerprint density at radius 3 is 2.26 bits per heavy atom. The highest BCUT2D eigenvalue weighted by atomic mass is 28.3. The fourth-order valence-corrected chi connectivity index (χ4v) is 3.47. The van der Waals surface area contributed by atoms with Crippen LogP contribution in [0, 0.1) is 0 Å². The Morgan fingerprint density at radius 2 is 1.84 bits per heavy atom. The molecule has 1 N–H and O–H groups in total. The summed E-state index contributed by atoms with van der Waals surface area (Å²) in [6.45, 7) is 1.83. The number of ether oxygens (including phenoxy) is 3. The standard InChI is InChI=1S/C12H24O6Si/c1-5-7-11(14)19(9-6-8-13)18-10-12(15-2,16-3)17-4/h5,7,13,19H,6,8-10H2,1-4H3. The molecule has 0 spiro atoms. The fourth-order valence-electron chi connectivity index (χ4n) is 1.49. The summed E-state index contributed by atoms with van der Waals surface area (Å²) in [7, 11) is 2.19. The number of methoxy groups -OCH3 is 3. The number of aliphatic hydroxyl groups is 1. The largest absolute Gasteiger partial charge is 0.403 e. The molecule has 0 aliphatic rings. The van der Waals surface area contributed by atoms with Gasteiger partial charge in [0, 0.05) is 27.9 Å². The number of aliphatic hydroxyl groups excluding tert-OH is 1. The first-order valence-corrected chi connectivity index (χ1v) is 8.00. The van der Waals surface area contributed by atoms with Crippen LogP contribution in [0.2, 0.25) is 6.04 Å². The van der Waals surface area contributed by atoms with E-state index in [0.29, 0.717) is 12.5 Å². The first-order valence-electron chi connectivity index (χ1n) is 6.13. The molecule has 0 amide bonds. The Labute approximate surface area is 116 Å². The number of hydrogen-bond acceptors (Lipinski definition) is 6. The predicted molar refractivity (Wildman–Crippen MR) is 73.2 cm³/mol. The lowest BCUT2D eigenvalue weighted by molar-refractivity contribution is -0.361. The van der Waals surface area contributed by atoms with Crippen LogP contribution in [0.5, 0.6) is 0 Å². The summed E-state index contributed by atoms with van der Waals surface area (Å²) < 4.78 is 21.0. The molecular weight excluding hydrogens is 268 g/mol. The number of hydrogen-bond donors (Lipinski definition) is 1. The van der Waals surface area contributed by atoms with E-state index in [-0.39, 0.29) is 18.6 Å². The predicted octanol–water partition coefficient (Wildman–Crippen LogP) is 0.387. The van der Waals surface area contributed by atoms with Gasteiger partial charge in [-0.3, -0.25) is 4.79 Å². The van der Waals surface area contributed by atoms with Crippen molar-refractivity contribution in [2.24, 2.45) is 0 Å². The molecule has 112 valence electrons. The van der Waals surface area contributed by atoms with Crippen molar-refractivity contribution in [2.45, 2.75) is 25.4 Å². The van der Waals surface area contributed by atoms with Gasteiger partial charge in [-0.05, 0) is 25.5 Å². The highest BCUT2D eigenvalue weighted by Crippen LogP contribution is 2.14. The molecule has 0 aliphatic carbocycles. The second-order valence-corrected chi connectivity index (χ2v) is 6.32. The van der Waals surface area contributed by atoms with E-state index in [2.05, 4.69) is 0 Å². The summed E-state index contributed by atoms with van der Waals surface area (Å²) in [5.74, 6) is -1.29. The molecule has 6 nitrogen and oxygen atoms in total. The van der Waals surface area contributed by atoms with E-state index in [1.54, 1.807) is 13.0 Å². The maximum absolute atomic E-state index is 11.9. The van der Waals surface area contributed by atoms with Gasteiger partial charge in [0.25, 0.3) is 9.04 Å². The first-order chi connectivity index (χ1) is 9.09. The van der Waals surface area contributed by atoms with Crippen molar-refractivity contribution in [1.29, 1.82) is 0 Å². The minimum absolute atomic E-state index is 0.0160. The topological polar surface area (TPSA) is 74.2 Å². The first kappa shape index (κ1) is 18.4. The molecule has 0 bridgehead atoms. The molecular formula is C12H24O6Si. The fraction of sp³-hybridized carbons (Fsp3) is 0.750. The average Bonchev–Trinajstić information content (AvgIpc) is 2.44. The maximum atomic E-state index is 11.9. The summed E-state index contributed by atoms with van der Waals surface area (Å²) in [6, 6.07) is 0.562. The second kappa shape index (κ2) is 10.2. The number of rotatable bonds is 11. The molecule has 0 aromatic rings. The molecule has 0 rings (SSSR count). The molecule has 0 saturated heterocycles. The molecule has 1 unspecified atom stereocenters. The molecule has 19 heavy (non-hydrogen) atoms. The van der Waals surface area contributed by atoms with Crippen LogP contribution in [0.25, 0.3) is 0 Å². The van der Waals surface area contributed by atoms with Gasteiger partial charge in [-0.15, -0.1) is 0 Å². The summed E-state index contributed by atoms with van der Waals surface area (Å²) in [6.07, 6.45) is 3.73. The lowest BCUT2D eigenvalue weighted by Crippen LogP contribution is -2.44. The third-order valence-corrected chi connectivity index (χ3v) is 5.00. The van der Waals surface area contributed by atoms with Crippen LogP contribution in [0.1, 0.15) is 13.3 Å². The summed E-state index contributed by atoms with van der Waals surface area (Å²) >= 11 is 0. The summed E-state index contributed by atoms with van der Waals surface area (Å²) in [4.78, 5) is 11.9. The zero-order chi connectivity index (χ0) is 14.7. The van der Waals surface area contributed by atoms with Gasteiger partial charge in [0.05, 0.1) is 0 Å². The molecule has 0 radical (unpaired) electrons. The normalized spacial score (nSPS) is 13.9. The van der Waals surface area contributed by atoms with Crippen molar-refractivity contribution in [3.05, 3.63) is 12.2 Å². The SMILES string of the molecule is CC=CC(=O)[SiH](CCCO)OCC(OC)(OC)OC. The van der Waals surface area contributed by atoms with E-state index in [1.807, 2.05) is 0 Å². The molecule has 0 heterocycles. The van der Waals surface area contributed by atoms with Crippen LogP contribution >= 0.6 is 0 Å². The number of carbonyl (C=O) groups excluding carboxylic acids is 1. The molecule has 0 aliphatic heterocycles. The molecule has 7 heteroatoms. The van der Waals surface area contributed by atoms with Gasteiger partial charge >= 0.3 is 5.97 Å². The van der Waals surface area contributed by atoms with E-state index in [4.69, 9.17) is 23.7 Å². The lowest BCUT2D eigenvalue weighted by Gasteiger charge is -2.29. The molecule has 0 fully saturated rings. The Bertz CT molecular complexity index is 269. The zero-order valence-electron chi connectivity index (χ0n) is 12.0. The van der Waals surface area contributed by atoms with Crippen LogP contribution in [-0.4, -0.2) is 60.1 Å². The van der Waals surface area contributed by atoms with Gasteiger partial charge in [0.1, 0.15) is 6.61 Å². The van der Waals surface area contributed by atoms with Crippen LogP contribution in [0.4, 0.5) is 0 Å². The monoisotopic (exact) mass is 292 g/mol. The zero-order valence-corrected chi connectivity index (χ0v) is 13.2. The van der Waals surface area contributed by atoms with E-state index in [9.17, 15) is 4.79 Å². The van der Waals surface area contributed by atoms with Crippen molar-refractivity contribution in [3.8, 4) is 0 Å². The van der Waals surface area contributed by atoms with Gasteiger partial charge in [0.2, 0.25) is 0 Å². The smallest absolute Gasteiger partial charge is 0.305 e.